The molecule has 3 aromatic rings. The SMILES string of the molecule is Cc1cccc2c1cnn2CCC(=O)NCCc1cccc(F)c1. The quantitative estimate of drug-likeness (QED) is 0.756. The molecular formula is C19H20FN3O. The van der Waals surface area contributed by atoms with E-state index in [0.29, 0.717) is 25.9 Å². The van der Waals surface area contributed by atoms with Crippen molar-refractivity contribution in [3.63, 3.8) is 0 Å². The van der Waals surface area contributed by atoms with Crippen LogP contribution >= 0.6 is 0 Å². The number of rotatable bonds is 6. The van der Waals surface area contributed by atoms with Gasteiger partial charge >= 0.3 is 0 Å². The maximum atomic E-state index is 13.1. The summed E-state index contributed by atoms with van der Waals surface area (Å²) < 4.78 is 14.9. The third-order valence-corrected chi connectivity index (χ3v) is 4.08. The number of fused-ring (bicyclic) bond motifs is 1. The molecule has 1 heterocycles. The van der Waals surface area contributed by atoms with Crippen molar-refractivity contribution in [1.29, 1.82) is 0 Å². The number of carbonyl (C=O) groups is 1. The molecule has 0 aliphatic carbocycles. The summed E-state index contributed by atoms with van der Waals surface area (Å²) in [6.45, 7) is 3.09. The first kappa shape index (κ1) is 16.2. The third kappa shape index (κ3) is 3.79. The minimum atomic E-state index is -0.250. The van der Waals surface area contributed by atoms with Gasteiger partial charge in [-0.15, -0.1) is 0 Å². The molecule has 2 aromatic carbocycles. The van der Waals surface area contributed by atoms with Crippen LogP contribution in [0.3, 0.4) is 0 Å². The van der Waals surface area contributed by atoms with E-state index in [9.17, 15) is 9.18 Å². The molecule has 1 N–H and O–H groups in total. The predicted octanol–water partition coefficient (Wildman–Crippen LogP) is 3.23. The molecule has 1 amide bonds. The van der Waals surface area contributed by atoms with Gasteiger partial charge in [-0.05, 0) is 42.7 Å². The van der Waals surface area contributed by atoms with Crippen molar-refractivity contribution in [3.05, 3.63) is 65.6 Å². The maximum absolute atomic E-state index is 13.1. The molecule has 0 aliphatic heterocycles. The summed E-state index contributed by atoms with van der Waals surface area (Å²) in [4.78, 5) is 12.0. The number of benzene rings is 2. The minimum Gasteiger partial charge on any atom is -0.356 e. The average molecular weight is 325 g/mol. The van der Waals surface area contributed by atoms with Gasteiger partial charge in [0.05, 0.1) is 18.3 Å². The van der Waals surface area contributed by atoms with Gasteiger partial charge in [0.15, 0.2) is 0 Å². The predicted molar refractivity (Wildman–Crippen MR) is 92.2 cm³/mol. The number of nitrogens with one attached hydrogen (secondary N) is 1. The van der Waals surface area contributed by atoms with Gasteiger partial charge < -0.3 is 5.32 Å². The molecule has 4 nitrogen and oxygen atoms in total. The number of hydrogen-bond acceptors (Lipinski definition) is 2. The lowest BCUT2D eigenvalue weighted by Gasteiger charge is -2.07. The molecular weight excluding hydrogens is 305 g/mol. The van der Waals surface area contributed by atoms with E-state index >= 15 is 0 Å². The maximum Gasteiger partial charge on any atom is 0.221 e. The molecule has 0 bridgehead atoms. The van der Waals surface area contributed by atoms with Crippen molar-refractivity contribution in [2.75, 3.05) is 6.54 Å². The van der Waals surface area contributed by atoms with Crippen molar-refractivity contribution in [2.24, 2.45) is 0 Å². The Labute approximate surface area is 140 Å². The van der Waals surface area contributed by atoms with Crippen LogP contribution in [-0.2, 0) is 17.8 Å². The highest BCUT2D eigenvalue weighted by atomic mass is 19.1. The van der Waals surface area contributed by atoms with Crippen molar-refractivity contribution >= 4 is 16.8 Å². The highest BCUT2D eigenvalue weighted by Crippen LogP contribution is 2.17. The normalized spacial score (nSPS) is 10.9. The van der Waals surface area contributed by atoms with Crippen molar-refractivity contribution in [2.45, 2.75) is 26.3 Å². The van der Waals surface area contributed by atoms with E-state index in [2.05, 4.69) is 10.4 Å². The zero-order valence-electron chi connectivity index (χ0n) is 13.6. The number of aromatic nitrogens is 2. The molecule has 0 fully saturated rings. The molecule has 0 aliphatic rings. The van der Waals surface area contributed by atoms with Crippen LogP contribution in [0, 0.1) is 12.7 Å². The monoisotopic (exact) mass is 325 g/mol. The molecule has 3 rings (SSSR count). The van der Waals surface area contributed by atoms with E-state index in [-0.39, 0.29) is 11.7 Å². The fourth-order valence-electron chi connectivity index (χ4n) is 2.76. The third-order valence-electron chi connectivity index (χ3n) is 4.08. The fraction of sp³-hybridized carbons (Fsp3) is 0.263. The van der Waals surface area contributed by atoms with Gasteiger partial charge in [0.2, 0.25) is 5.91 Å². The first-order chi connectivity index (χ1) is 11.6. The number of nitrogens with zero attached hydrogens (tertiary/aromatic N) is 2. The summed E-state index contributed by atoms with van der Waals surface area (Å²) in [7, 11) is 0. The summed E-state index contributed by atoms with van der Waals surface area (Å²) in [6, 6.07) is 12.5. The van der Waals surface area contributed by atoms with E-state index in [1.165, 1.54) is 17.7 Å². The Morgan fingerprint density at radius 1 is 1.25 bits per heavy atom. The molecule has 0 saturated heterocycles. The zero-order chi connectivity index (χ0) is 16.9. The van der Waals surface area contributed by atoms with Crippen LogP contribution in [0.15, 0.2) is 48.7 Å². The molecule has 1 aromatic heterocycles. The number of amides is 1. The Morgan fingerprint density at radius 2 is 2.08 bits per heavy atom. The molecule has 0 saturated carbocycles. The van der Waals surface area contributed by atoms with E-state index < -0.39 is 0 Å². The standard InChI is InChI=1S/C19H20FN3O/c1-14-4-2-7-18-17(14)13-22-23(18)11-9-19(24)21-10-8-15-5-3-6-16(20)12-15/h2-7,12-13H,8-11H2,1H3,(H,21,24). The van der Waals surface area contributed by atoms with Crippen LogP contribution in [0.4, 0.5) is 4.39 Å². The molecule has 5 heteroatoms. The highest BCUT2D eigenvalue weighted by molar-refractivity contribution is 5.82. The molecule has 0 spiro atoms. The van der Waals surface area contributed by atoms with Crippen LogP contribution in [-0.4, -0.2) is 22.2 Å². The second-order valence-electron chi connectivity index (χ2n) is 5.86. The Hall–Kier alpha value is -2.69. The van der Waals surface area contributed by atoms with Crippen LogP contribution in [0.5, 0.6) is 0 Å². The summed E-state index contributed by atoms with van der Waals surface area (Å²) >= 11 is 0. The van der Waals surface area contributed by atoms with Crippen LogP contribution in [0.2, 0.25) is 0 Å². The first-order valence-corrected chi connectivity index (χ1v) is 8.06. The minimum absolute atomic E-state index is 0.0253. The summed E-state index contributed by atoms with van der Waals surface area (Å²) in [5.41, 5.74) is 3.10. The number of halogens is 1. The summed E-state index contributed by atoms with van der Waals surface area (Å²) in [6.07, 6.45) is 2.83. The van der Waals surface area contributed by atoms with Crippen LogP contribution in [0.25, 0.3) is 10.9 Å². The number of carbonyl (C=O) groups excluding carboxylic acids is 1. The van der Waals surface area contributed by atoms with Gasteiger partial charge in [-0.1, -0.05) is 24.3 Å². The van der Waals surface area contributed by atoms with E-state index in [0.717, 1.165) is 16.5 Å². The Morgan fingerprint density at radius 3 is 2.92 bits per heavy atom. The summed E-state index contributed by atoms with van der Waals surface area (Å²) in [5.74, 6) is -0.276. The largest absolute Gasteiger partial charge is 0.356 e. The van der Waals surface area contributed by atoms with E-state index in [1.54, 1.807) is 6.07 Å². The average Bonchev–Trinajstić information content (AvgIpc) is 2.98. The Bertz CT molecular complexity index is 857. The summed E-state index contributed by atoms with van der Waals surface area (Å²) in [5, 5.41) is 8.35. The van der Waals surface area contributed by atoms with Crippen molar-refractivity contribution in [3.8, 4) is 0 Å². The van der Waals surface area contributed by atoms with Crippen LogP contribution < -0.4 is 5.32 Å². The fourth-order valence-corrected chi connectivity index (χ4v) is 2.76. The topological polar surface area (TPSA) is 46.9 Å². The van der Waals surface area contributed by atoms with E-state index in [1.807, 2.05) is 42.1 Å². The lowest BCUT2D eigenvalue weighted by atomic mass is 10.1. The van der Waals surface area contributed by atoms with Gasteiger partial charge in [-0.2, -0.15) is 5.10 Å². The molecule has 0 atom stereocenters. The number of hydrogen-bond donors (Lipinski definition) is 1. The second-order valence-corrected chi connectivity index (χ2v) is 5.86. The first-order valence-electron chi connectivity index (χ1n) is 8.06. The van der Waals surface area contributed by atoms with Gasteiger partial charge in [0.25, 0.3) is 0 Å². The Kier molecular flexibility index (Phi) is 4.89. The highest BCUT2D eigenvalue weighted by Gasteiger charge is 2.07. The van der Waals surface area contributed by atoms with Gasteiger partial charge in [-0.3, -0.25) is 9.48 Å². The second kappa shape index (κ2) is 7.25. The van der Waals surface area contributed by atoms with Crippen molar-refractivity contribution < 1.29 is 9.18 Å². The zero-order valence-corrected chi connectivity index (χ0v) is 13.6. The number of aryl methyl sites for hydroxylation is 2. The van der Waals surface area contributed by atoms with Crippen molar-refractivity contribution in [1.82, 2.24) is 15.1 Å². The van der Waals surface area contributed by atoms with Crippen LogP contribution in [0.1, 0.15) is 17.5 Å². The molecule has 124 valence electrons. The molecule has 0 unspecified atom stereocenters. The molecule has 0 radical (unpaired) electrons. The molecule has 24 heavy (non-hydrogen) atoms. The van der Waals surface area contributed by atoms with E-state index in [4.69, 9.17) is 0 Å². The van der Waals surface area contributed by atoms with Gasteiger partial charge in [0.1, 0.15) is 5.82 Å². The van der Waals surface area contributed by atoms with Gasteiger partial charge in [0, 0.05) is 18.4 Å². The lowest BCUT2D eigenvalue weighted by molar-refractivity contribution is -0.121. The Balaban J connectivity index is 1.49. The smallest absolute Gasteiger partial charge is 0.221 e. The van der Waals surface area contributed by atoms with Gasteiger partial charge in [-0.25, -0.2) is 4.39 Å². The lowest BCUT2D eigenvalue weighted by Crippen LogP contribution is -2.26.